The van der Waals surface area contributed by atoms with Gasteiger partial charge in [0.2, 0.25) is 0 Å². The van der Waals surface area contributed by atoms with Gasteiger partial charge in [-0.2, -0.15) is 0 Å². The molecule has 1 heterocycles. The van der Waals surface area contributed by atoms with Gasteiger partial charge in [0, 0.05) is 11.0 Å². The highest BCUT2D eigenvalue weighted by Gasteiger charge is 2.51. The van der Waals surface area contributed by atoms with Crippen molar-refractivity contribution < 1.29 is 4.74 Å². The lowest BCUT2D eigenvalue weighted by molar-refractivity contribution is 0.418. The fraction of sp³-hybridized carbons (Fsp3) is 0.400. The maximum absolute atomic E-state index is 5.75. The first-order chi connectivity index (χ1) is 10.8. The molecule has 0 spiro atoms. The van der Waals surface area contributed by atoms with E-state index >= 15 is 0 Å². The van der Waals surface area contributed by atoms with E-state index in [9.17, 15) is 0 Å². The van der Waals surface area contributed by atoms with Crippen LogP contribution in [0.15, 0.2) is 48.5 Å². The summed E-state index contributed by atoms with van der Waals surface area (Å²) < 4.78 is 5.75. The van der Waals surface area contributed by atoms with Gasteiger partial charge in [-0.05, 0) is 51.2 Å². The third kappa shape index (κ3) is 2.54. The van der Waals surface area contributed by atoms with Crippen LogP contribution in [0.2, 0.25) is 0 Å². The molecule has 0 saturated heterocycles. The van der Waals surface area contributed by atoms with Crippen LogP contribution in [-0.2, 0) is 0 Å². The molecule has 0 amide bonds. The number of benzene rings is 2. The van der Waals surface area contributed by atoms with Gasteiger partial charge in [0.05, 0.1) is 18.1 Å². The molecule has 0 fully saturated rings. The Balaban J connectivity index is 2.29. The molecular formula is C20H26NOP. The van der Waals surface area contributed by atoms with E-state index in [4.69, 9.17) is 4.74 Å². The maximum atomic E-state index is 5.75. The molecule has 2 aromatic carbocycles. The van der Waals surface area contributed by atoms with Gasteiger partial charge in [-0.15, -0.1) is 0 Å². The van der Waals surface area contributed by atoms with Crippen LogP contribution < -0.4 is 14.9 Å². The zero-order valence-corrected chi connectivity index (χ0v) is 15.8. The second kappa shape index (κ2) is 5.53. The zero-order valence-electron chi connectivity index (χ0n) is 14.9. The summed E-state index contributed by atoms with van der Waals surface area (Å²) in [6, 6.07) is 17.1. The van der Waals surface area contributed by atoms with Crippen molar-refractivity contribution in [1.29, 1.82) is 0 Å². The number of anilines is 2. The van der Waals surface area contributed by atoms with Crippen LogP contribution in [0.4, 0.5) is 11.4 Å². The fourth-order valence-corrected chi connectivity index (χ4v) is 8.01. The van der Waals surface area contributed by atoms with Crippen LogP contribution in [0.25, 0.3) is 0 Å². The summed E-state index contributed by atoms with van der Waals surface area (Å²) in [4.78, 5) is 2.50. The van der Waals surface area contributed by atoms with E-state index in [1.165, 1.54) is 16.7 Å². The van der Waals surface area contributed by atoms with Gasteiger partial charge in [0.25, 0.3) is 0 Å². The molecule has 0 radical (unpaired) electrons. The molecular weight excluding hydrogens is 301 g/mol. The predicted molar refractivity (Wildman–Crippen MR) is 102 cm³/mol. The first-order valence-corrected chi connectivity index (χ1v) is 9.45. The highest BCUT2D eigenvalue weighted by atomic mass is 31.1. The van der Waals surface area contributed by atoms with Gasteiger partial charge >= 0.3 is 0 Å². The highest BCUT2D eigenvalue weighted by molar-refractivity contribution is 7.70. The summed E-state index contributed by atoms with van der Waals surface area (Å²) in [6.45, 7) is 11.8. The lowest BCUT2D eigenvalue weighted by Gasteiger charge is -2.43. The summed E-state index contributed by atoms with van der Waals surface area (Å²) >= 11 is 0. The molecule has 3 rings (SSSR count). The summed E-state index contributed by atoms with van der Waals surface area (Å²) in [6.07, 6.45) is 0. The van der Waals surface area contributed by atoms with E-state index in [0.29, 0.717) is 0 Å². The van der Waals surface area contributed by atoms with Crippen molar-refractivity contribution in [2.24, 2.45) is 0 Å². The van der Waals surface area contributed by atoms with Crippen LogP contribution in [-0.4, -0.2) is 17.5 Å². The van der Waals surface area contributed by atoms with Crippen LogP contribution in [0, 0.1) is 0 Å². The molecule has 1 atom stereocenters. The number of hydrogen-bond donors (Lipinski definition) is 0. The highest BCUT2D eigenvalue weighted by Crippen LogP contribution is 2.68. The second-order valence-electron chi connectivity index (χ2n) is 7.50. The predicted octanol–water partition coefficient (Wildman–Crippen LogP) is 5.49. The topological polar surface area (TPSA) is 12.5 Å². The fourth-order valence-electron chi connectivity index (χ4n) is 3.94. The van der Waals surface area contributed by atoms with Crippen molar-refractivity contribution >= 4 is 24.6 Å². The number of hydrogen-bond acceptors (Lipinski definition) is 2. The third-order valence-corrected chi connectivity index (χ3v) is 7.97. The minimum atomic E-state index is -0.434. The van der Waals surface area contributed by atoms with E-state index in [2.05, 4.69) is 88.0 Å². The summed E-state index contributed by atoms with van der Waals surface area (Å²) in [5.74, 6) is 1.02. The van der Waals surface area contributed by atoms with Crippen molar-refractivity contribution in [2.75, 3.05) is 12.0 Å². The Morgan fingerprint density at radius 2 is 1.61 bits per heavy atom. The molecule has 1 unspecified atom stereocenters. The minimum Gasteiger partial charge on any atom is -0.496 e. The van der Waals surface area contributed by atoms with Crippen molar-refractivity contribution in [3.05, 3.63) is 48.5 Å². The number of para-hydroxylation sites is 1. The molecule has 1 aliphatic heterocycles. The van der Waals surface area contributed by atoms with Gasteiger partial charge in [0.1, 0.15) is 5.75 Å². The number of nitrogens with zero attached hydrogens (tertiary/aromatic N) is 1. The average molecular weight is 327 g/mol. The van der Waals surface area contributed by atoms with E-state index < -0.39 is 7.92 Å². The average Bonchev–Trinajstić information content (AvgIpc) is 2.73. The van der Waals surface area contributed by atoms with Gasteiger partial charge in [-0.3, -0.25) is 0 Å². The van der Waals surface area contributed by atoms with Crippen molar-refractivity contribution in [1.82, 2.24) is 0 Å². The Bertz CT molecular complexity index is 703. The minimum absolute atomic E-state index is 0.0336. The Kier molecular flexibility index (Phi) is 3.92. The largest absolute Gasteiger partial charge is 0.496 e. The van der Waals surface area contributed by atoms with Gasteiger partial charge < -0.3 is 9.64 Å². The Morgan fingerprint density at radius 1 is 0.957 bits per heavy atom. The molecule has 0 aliphatic carbocycles. The number of rotatable bonds is 2. The Labute approximate surface area is 141 Å². The molecule has 23 heavy (non-hydrogen) atoms. The van der Waals surface area contributed by atoms with Crippen LogP contribution >= 0.6 is 7.92 Å². The van der Waals surface area contributed by atoms with Crippen LogP contribution in [0.3, 0.4) is 0 Å². The Hall–Kier alpha value is -1.53. The monoisotopic (exact) mass is 327 g/mol. The Morgan fingerprint density at radius 3 is 2.17 bits per heavy atom. The molecule has 3 heteroatoms. The van der Waals surface area contributed by atoms with E-state index in [-0.39, 0.29) is 10.4 Å². The normalized spacial score (nSPS) is 19.6. The summed E-state index contributed by atoms with van der Waals surface area (Å²) in [5.41, 5.74) is 2.54. The SMILES string of the molecule is COc1cccc2c1P(C(C)(C)C)C(C)(C)N2c1ccccc1. The molecule has 0 saturated carbocycles. The van der Waals surface area contributed by atoms with Gasteiger partial charge in [0.15, 0.2) is 0 Å². The third-order valence-electron chi connectivity index (χ3n) is 4.44. The first kappa shape index (κ1) is 16.3. The molecule has 0 N–H and O–H groups in total. The maximum Gasteiger partial charge on any atom is 0.128 e. The van der Waals surface area contributed by atoms with E-state index in [1.807, 2.05) is 0 Å². The summed E-state index contributed by atoms with van der Waals surface area (Å²) in [5, 5.41) is 1.63. The van der Waals surface area contributed by atoms with Crippen molar-refractivity contribution in [3.8, 4) is 5.75 Å². The van der Waals surface area contributed by atoms with Crippen LogP contribution in [0.5, 0.6) is 5.75 Å². The van der Waals surface area contributed by atoms with E-state index in [0.717, 1.165) is 5.75 Å². The smallest absolute Gasteiger partial charge is 0.128 e. The number of methoxy groups -OCH3 is 1. The molecule has 0 bridgehead atoms. The molecule has 2 aromatic rings. The molecule has 0 aromatic heterocycles. The lowest BCUT2D eigenvalue weighted by atomic mass is 10.2. The zero-order chi connectivity index (χ0) is 16.8. The number of ether oxygens (including phenoxy) is 1. The second-order valence-corrected chi connectivity index (χ2v) is 11.1. The lowest BCUT2D eigenvalue weighted by Crippen LogP contribution is -2.38. The standard InChI is InChI=1S/C20H26NOP/c1-19(2,3)23-18-16(13-10-14-17(18)22-6)21(20(23,4)5)15-11-8-7-9-12-15/h7-14H,1-6H3. The van der Waals surface area contributed by atoms with Crippen molar-refractivity contribution in [2.45, 2.75) is 45.1 Å². The van der Waals surface area contributed by atoms with E-state index in [1.54, 1.807) is 7.11 Å². The van der Waals surface area contributed by atoms with Crippen LogP contribution in [0.1, 0.15) is 34.6 Å². The van der Waals surface area contributed by atoms with Gasteiger partial charge in [-0.25, -0.2) is 0 Å². The number of fused-ring (bicyclic) bond motifs is 1. The summed E-state index contributed by atoms with van der Waals surface area (Å²) in [7, 11) is 1.35. The van der Waals surface area contributed by atoms with Gasteiger partial charge in [-0.1, -0.05) is 45.0 Å². The molecule has 1 aliphatic rings. The first-order valence-electron chi connectivity index (χ1n) is 8.11. The molecule has 122 valence electrons. The quantitative estimate of drug-likeness (QED) is 0.676. The van der Waals surface area contributed by atoms with Crippen molar-refractivity contribution in [3.63, 3.8) is 0 Å². The molecule has 2 nitrogen and oxygen atoms in total.